The first kappa shape index (κ1) is 11.0. The van der Waals surface area contributed by atoms with Crippen LogP contribution in [0.4, 0.5) is 0 Å². The number of Topliss-reactive ketones (excluding diaryl/α,β-unsaturated/α-hetero) is 1. The zero-order valence-electron chi connectivity index (χ0n) is 10.7. The second kappa shape index (κ2) is 4.05. The van der Waals surface area contributed by atoms with Crippen molar-refractivity contribution >= 4 is 5.78 Å². The Kier molecular flexibility index (Phi) is 2.34. The Morgan fingerprint density at radius 2 is 2.11 bits per heavy atom. The molecule has 2 aromatic rings. The number of imidazole rings is 1. The van der Waals surface area contributed by atoms with E-state index in [2.05, 4.69) is 33.8 Å². The van der Waals surface area contributed by atoms with E-state index in [4.69, 9.17) is 0 Å². The van der Waals surface area contributed by atoms with Crippen LogP contribution >= 0.6 is 0 Å². The lowest BCUT2D eigenvalue weighted by atomic mass is 9.80. The molecular formula is C16H16N2O. The van der Waals surface area contributed by atoms with E-state index in [1.165, 1.54) is 17.5 Å². The lowest BCUT2D eigenvalue weighted by Crippen LogP contribution is -2.28. The Hall–Kier alpha value is -1.90. The number of aromatic nitrogens is 2. The monoisotopic (exact) mass is 252 g/mol. The van der Waals surface area contributed by atoms with Crippen LogP contribution in [0.5, 0.6) is 0 Å². The fourth-order valence-corrected chi connectivity index (χ4v) is 3.63. The van der Waals surface area contributed by atoms with E-state index in [1.54, 1.807) is 0 Å². The minimum Gasteiger partial charge on any atom is -0.322 e. The minimum absolute atomic E-state index is 0.130. The number of rotatable bonds is 1. The van der Waals surface area contributed by atoms with Crippen LogP contribution < -0.4 is 0 Å². The van der Waals surface area contributed by atoms with Crippen molar-refractivity contribution in [2.24, 2.45) is 5.92 Å². The summed E-state index contributed by atoms with van der Waals surface area (Å²) in [6.45, 7) is 0. The molecule has 3 heteroatoms. The number of fused-ring (bicyclic) bond motifs is 3. The summed E-state index contributed by atoms with van der Waals surface area (Å²) >= 11 is 0. The number of carbonyl (C=O) groups is 1. The molecule has 0 unspecified atom stereocenters. The lowest BCUT2D eigenvalue weighted by Gasteiger charge is -2.28. The predicted octanol–water partition coefficient (Wildman–Crippen LogP) is 3.21. The molecule has 3 nitrogen and oxygen atoms in total. The molecule has 2 aliphatic rings. The first-order valence-electron chi connectivity index (χ1n) is 7.00. The van der Waals surface area contributed by atoms with Crippen molar-refractivity contribution in [3.8, 4) is 11.3 Å². The van der Waals surface area contributed by atoms with Crippen molar-refractivity contribution in [2.45, 2.75) is 31.7 Å². The molecule has 0 bridgehead atoms. The van der Waals surface area contributed by atoms with Gasteiger partial charge in [0.05, 0.1) is 24.3 Å². The lowest BCUT2D eigenvalue weighted by molar-refractivity contribution is -0.125. The summed E-state index contributed by atoms with van der Waals surface area (Å²) in [5.41, 5.74) is 3.68. The van der Waals surface area contributed by atoms with Gasteiger partial charge in [0.25, 0.3) is 0 Å². The van der Waals surface area contributed by atoms with Crippen LogP contribution in [0, 0.1) is 5.92 Å². The van der Waals surface area contributed by atoms with Gasteiger partial charge in [-0.2, -0.15) is 0 Å². The van der Waals surface area contributed by atoms with E-state index in [0.29, 0.717) is 5.78 Å². The number of benzene rings is 1. The second-order valence-corrected chi connectivity index (χ2v) is 5.54. The third kappa shape index (κ3) is 1.51. The first-order valence-corrected chi connectivity index (χ1v) is 7.00. The molecule has 1 aliphatic heterocycles. The number of nitrogens with zero attached hydrogens (tertiary/aromatic N) is 2. The Morgan fingerprint density at radius 1 is 1.21 bits per heavy atom. The summed E-state index contributed by atoms with van der Waals surface area (Å²) in [5.74, 6) is 0.554. The van der Waals surface area contributed by atoms with Gasteiger partial charge in [0.2, 0.25) is 0 Å². The summed E-state index contributed by atoms with van der Waals surface area (Å²) in [7, 11) is 0. The average molecular weight is 252 g/mol. The highest BCUT2D eigenvalue weighted by molar-refractivity contribution is 5.84. The number of hydrogen-bond donors (Lipinski definition) is 0. The Balaban J connectivity index is 1.86. The molecular weight excluding hydrogens is 236 g/mol. The standard InChI is InChI=1S/C16H16N2O/c19-15-8-4-3-7-13(15)16-12-6-2-1-5-11(12)14-9-17-10-18(14)16/h1-2,5-6,9-10,13,16H,3-4,7-8H2/t13-,16-/m1/s1. The molecule has 1 fully saturated rings. The van der Waals surface area contributed by atoms with Crippen LogP contribution in [0.2, 0.25) is 0 Å². The van der Waals surface area contributed by atoms with Gasteiger partial charge in [0.15, 0.2) is 0 Å². The molecule has 0 amide bonds. The van der Waals surface area contributed by atoms with Gasteiger partial charge in [-0.15, -0.1) is 0 Å². The van der Waals surface area contributed by atoms with Gasteiger partial charge in [0, 0.05) is 17.9 Å². The highest BCUT2D eigenvalue weighted by atomic mass is 16.1. The molecule has 0 spiro atoms. The molecule has 4 rings (SSSR count). The van der Waals surface area contributed by atoms with Crippen molar-refractivity contribution in [3.63, 3.8) is 0 Å². The maximum Gasteiger partial charge on any atom is 0.138 e. The minimum atomic E-state index is 0.130. The van der Waals surface area contributed by atoms with E-state index in [-0.39, 0.29) is 12.0 Å². The van der Waals surface area contributed by atoms with Crippen LogP contribution in [0.25, 0.3) is 11.3 Å². The molecule has 1 aliphatic carbocycles. The van der Waals surface area contributed by atoms with Crippen LogP contribution in [-0.2, 0) is 4.79 Å². The summed E-state index contributed by atoms with van der Waals surface area (Å²) < 4.78 is 2.19. The Labute approximate surface area is 112 Å². The third-order valence-electron chi connectivity index (χ3n) is 4.50. The van der Waals surface area contributed by atoms with Gasteiger partial charge in [-0.3, -0.25) is 4.79 Å². The highest BCUT2D eigenvalue weighted by Gasteiger charge is 2.38. The maximum absolute atomic E-state index is 12.3. The van der Waals surface area contributed by atoms with Gasteiger partial charge < -0.3 is 4.57 Å². The van der Waals surface area contributed by atoms with E-state index in [9.17, 15) is 4.79 Å². The van der Waals surface area contributed by atoms with E-state index >= 15 is 0 Å². The molecule has 0 N–H and O–H groups in total. The van der Waals surface area contributed by atoms with Crippen LogP contribution in [0.15, 0.2) is 36.8 Å². The molecule has 1 aromatic carbocycles. The van der Waals surface area contributed by atoms with Gasteiger partial charge in [-0.05, 0) is 18.4 Å². The molecule has 0 radical (unpaired) electrons. The number of ketones is 1. The van der Waals surface area contributed by atoms with Crippen molar-refractivity contribution < 1.29 is 4.79 Å². The van der Waals surface area contributed by atoms with Gasteiger partial charge in [-0.25, -0.2) is 4.98 Å². The molecule has 0 saturated heterocycles. The molecule has 2 atom stereocenters. The van der Waals surface area contributed by atoms with E-state index in [0.717, 1.165) is 25.0 Å². The quantitative estimate of drug-likeness (QED) is 0.781. The zero-order valence-corrected chi connectivity index (χ0v) is 10.7. The van der Waals surface area contributed by atoms with Gasteiger partial charge in [0.1, 0.15) is 5.78 Å². The summed E-state index contributed by atoms with van der Waals surface area (Å²) in [4.78, 5) is 16.6. The first-order chi connectivity index (χ1) is 9.36. The highest BCUT2D eigenvalue weighted by Crippen LogP contribution is 2.45. The second-order valence-electron chi connectivity index (χ2n) is 5.54. The smallest absolute Gasteiger partial charge is 0.138 e. The van der Waals surface area contributed by atoms with E-state index in [1.807, 2.05) is 12.5 Å². The van der Waals surface area contributed by atoms with Crippen LogP contribution in [-0.4, -0.2) is 15.3 Å². The van der Waals surface area contributed by atoms with Crippen molar-refractivity contribution in [2.75, 3.05) is 0 Å². The zero-order chi connectivity index (χ0) is 12.8. The van der Waals surface area contributed by atoms with Gasteiger partial charge >= 0.3 is 0 Å². The van der Waals surface area contributed by atoms with Crippen molar-refractivity contribution in [1.29, 1.82) is 0 Å². The van der Waals surface area contributed by atoms with E-state index < -0.39 is 0 Å². The Bertz CT molecular complexity index is 644. The average Bonchev–Trinajstić information content (AvgIpc) is 3.00. The molecule has 2 heterocycles. The summed E-state index contributed by atoms with van der Waals surface area (Å²) in [6.07, 6.45) is 7.76. The Morgan fingerprint density at radius 3 is 3.00 bits per heavy atom. The van der Waals surface area contributed by atoms with Crippen molar-refractivity contribution in [3.05, 3.63) is 42.4 Å². The van der Waals surface area contributed by atoms with Crippen LogP contribution in [0.1, 0.15) is 37.3 Å². The maximum atomic E-state index is 12.3. The number of hydrogen-bond acceptors (Lipinski definition) is 2. The summed E-state index contributed by atoms with van der Waals surface area (Å²) in [6, 6.07) is 8.59. The van der Waals surface area contributed by atoms with Crippen molar-refractivity contribution in [1.82, 2.24) is 9.55 Å². The normalized spacial score (nSPS) is 25.2. The summed E-state index contributed by atoms with van der Waals surface area (Å²) in [5, 5.41) is 0. The van der Waals surface area contributed by atoms with Gasteiger partial charge in [-0.1, -0.05) is 30.7 Å². The molecule has 19 heavy (non-hydrogen) atoms. The van der Waals surface area contributed by atoms with Crippen LogP contribution in [0.3, 0.4) is 0 Å². The molecule has 1 aromatic heterocycles. The fourth-order valence-electron chi connectivity index (χ4n) is 3.63. The predicted molar refractivity (Wildman–Crippen MR) is 72.8 cm³/mol. The largest absolute Gasteiger partial charge is 0.322 e. The molecule has 1 saturated carbocycles. The fraction of sp³-hybridized carbons (Fsp3) is 0.375. The number of carbonyl (C=O) groups excluding carboxylic acids is 1. The third-order valence-corrected chi connectivity index (χ3v) is 4.50. The SMILES string of the molecule is O=C1CCCC[C@H]1[C@H]1c2ccccc2-c2cncn21. The molecule has 96 valence electrons. The topological polar surface area (TPSA) is 34.9 Å².